The summed E-state index contributed by atoms with van der Waals surface area (Å²) in [4.78, 5) is 0. The van der Waals surface area contributed by atoms with Gasteiger partial charge < -0.3 is 5.11 Å². The zero-order valence-corrected chi connectivity index (χ0v) is 10.0. The zero-order chi connectivity index (χ0) is 11.1. The Labute approximate surface area is 96.1 Å². The number of halogens is 1. The molecule has 2 heteroatoms. The molecule has 1 nitrogen and oxygen atoms in total. The van der Waals surface area contributed by atoms with Gasteiger partial charge in [-0.15, -0.1) is 0 Å². The van der Waals surface area contributed by atoms with Crippen molar-refractivity contribution in [2.24, 2.45) is 5.41 Å². The normalized spacial score (nSPS) is 29.3. The summed E-state index contributed by atoms with van der Waals surface area (Å²) in [6.45, 7) is 4.39. The van der Waals surface area contributed by atoms with Crippen LogP contribution in [0.15, 0.2) is 24.3 Å². The van der Waals surface area contributed by atoms with Gasteiger partial charge in [-0.25, -0.2) is 0 Å². The molecule has 0 amide bonds. The van der Waals surface area contributed by atoms with Gasteiger partial charge in [-0.05, 0) is 30.7 Å². The fraction of sp³-hybridized carbons (Fsp3) is 0.538. The lowest BCUT2D eigenvalue weighted by Gasteiger charge is -2.26. The number of rotatable bonds is 1. The largest absolute Gasteiger partial charge is 0.385 e. The summed E-state index contributed by atoms with van der Waals surface area (Å²) in [7, 11) is 0. The summed E-state index contributed by atoms with van der Waals surface area (Å²) in [5.74, 6) is 0. The van der Waals surface area contributed by atoms with E-state index < -0.39 is 5.60 Å². The molecule has 82 valence electrons. The van der Waals surface area contributed by atoms with Crippen LogP contribution in [-0.2, 0) is 5.60 Å². The van der Waals surface area contributed by atoms with Crippen molar-refractivity contribution in [2.45, 2.75) is 38.7 Å². The van der Waals surface area contributed by atoms with Crippen LogP contribution >= 0.6 is 11.6 Å². The smallest absolute Gasteiger partial charge is 0.0916 e. The Morgan fingerprint density at radius 3 is 2.40 bits per heavy atom. The van der Waals surface area contributed by atoms with Gasteiger partial charge in [-0.1, -0.05) is 43.6 Å². The number of hydrogen-bond acceptors (Lipinski definition) is 1. The monoisotopic (exact) mass is 224 g/mol. The van der Waals surface area contributed by atoms with Crippen LogP contribution in [-0.4, -0.2) is 5.11 Å². The van der Waals surface area contributed by atoms with Crippen molar-refractivity contribution in [1.29, 1.82) is 0 Å². The first-order valence-corrected chi connectivity index (χ1v) is 5.78. The second kappa shape index (κ2) is 3.50. The average molecular weight is 225 g/mol. The van der Waals surface area contributed by atoms with Gasteiger partial charge in [0.2, 0.25) is 0 Å². The minimum atomic E-state index is -0.720. The van der Waals surface area contributed by atoms with Gasteiger partial charge >= 0.3 is 0 Å². The standard InChI is InChI=1S/C13H17ClO/c1-12(2)7-8-13(15,9-12)10-5-3-4-6-11(10)14/h3-6,15H,7-9H2,1-2H3. The zero-order valence-electron chi connectivity index (χ0n) is 9.26. The SMILES string of the molecule is CC1(C)CCC(O)(c2ccccc2Cl)C1. The van der Waals surface area contributed by atoms with Crippen LogP contribution in [0, 0.1) is 5.41 Å². The lowest BCUT2D eigenvalue weighted by atomic mass is 9.86. The maximum absolute atomic E-state index is 10.6. The van der Waals surface area contributed by atoms with Crippen molar-refractivity contribution in [3.05, 3.63) is 34.9 Å². The minimum Gasteiger partial charge on any atom is -0.385 e. The molecular formula is C13H17ClO. The molecule has 1 atom stereocenters. The van der Waals surface area contributed by atoms with E-state index in [1.54, 1.807) is 0 Å². The van der Waals surface area contributed by atoms with E-state index in [-0.39, 0.29) is 5.41 Å². The van der Waals surface area contributed by atoms with Gasteiger partial charge in [0.05, 0.1) is 5.60 Å². The van der Waals surface area contributed by atoms with Gasteiger partial charge in [0.15, 0.2) is 0 Å². The molecule has 0 aliphatic heterocycles. The van der Waals surface area contributed by atoms with E-state index in [4.69, 9.17) is 11.6 Å². The maximum atomic E-state index is 10.6. The lowest BCUT2D eigenvalue weighted by Crippen LogP contribution is -2.23. The van der Waals surface area contributed by atoms with Crippen LogP contribution in [0.5, 0.6) is 0 Å². The van der Waals surface area contributed by atoms with E-state index in [0.717, 1.165) is 24.8 Å². The molecule has 0 saturated heterocycles. The van der Waals surface area contributed by atoms with Crippen LogP contribution in [0.25, 0.3) is 0 Å². The van der Waals surface area contributed by atoms with Gasteiger partial charge in [-0.3, -0.25) is 0 Å². The maximum Gasteiger partial charge on any atom is 0.0916 e. The highest BCUT2D eigenvalue weighted by Gasteiger charge is 2.43. The van der Waals surface area contributed by atoms with Crippen LogP contribution in [0.1, 0.15) is 38.7 Å². The molecule has 1 fully saturated rings. The minimum absolute atomic E-state index is 0.216. The molecule has 0 bridgehead atoms. The highest BCUT2D eigenvalue weighted by Crippen LogP contribution is 2.50. The van der Waals surface area contributed by atoms with Crippen molar-refractivity contribution in [3.63, 3.8) is 0 Å². The molecular weight excluding hydrogens is 208 g/mol. The molecule has 1 unspecified atom stereocenters. The predicted octanol–water partition coefficient (Wildman–Crippen LogP) is 3.74. The number of benzene rings is 1. The first-order chi connectivity index (χ1) is 6.93. The Bertz CT molecular complexity index is 373. The third-order valence-electron chi connectivity index (χ3n) is 3.36. The molecule has 2 rings (SSSR count). The second-order valence-electron chi connectivity index (χ2n) is 5.35. The molecule has 0 aromatic heterocycles. The molecule has 0 heterocycles. The summed E-state index contributed by atoms with van der Waals surface area (Å²) in [5, 5.41) is 11.3. The molecule has 1 aromatic rings. The van der Waals surface area contributed by atoms with Crippen molar-refractivity contribution < 1.29 is 5.11 Å². The van der Waals surface area contributed by atoms with E-state index in [0.29, 0.717) is 5.02 Å². The molecule has 1 N–H and O–H groups in total. The molecule has 1 saturated carbocycles. The van der Waals surface area contributed by atoms with Crippen molar-refractivity contribution in [3.8, 4) is 0 Å². The summed E-state index contributed by atoms with van der Waals surface area (Å²) < 4.78 is 0. The Hall–Kier alpha value is -0.530. The fourth-order valence-corrected chi connectivity index (χ4v) is 2.89. The first-order valence-electron chi connectivity index (χ1n) is 5.40. The topological polar surface area (TPSA) is 20.2 Å². The highest BCUT2D eigenvalue weighted by atomic mass is 35.5. The Morgan fingerprint density at radius 1 is 1.20 bits per heavy atom. The molecule has 15 heavy (non-hydrogen) atoms. The van der Waals surface area contributed by atoms with Gasteiger partial charge in [0, 0.05) is 10.6 Å². The van der Waals surface area contributed by atoms with Crippen LogP contribution in [0.2, 0.25) is 5.02 Å². The molecule has 1 aliphatic carbocycles. The Balaban J connectivity index is 2.36. The summed E-state index contributed by atoms with van der Waals surface area (Å²) in [6.07, 6.45) is 2.65. The second-order valence-corrected chi connectivity index (χ2v) is 5.76. The highest BCUT2D eigenvalue weighted by molar-refractivity contribution is 6.31. The molecule has 1 aromatic carbocycles. The average Bonchev–Trinajstić information content (AvgIpc) is 2.42. The number of aliphatic hydroxyl groups is 1. The summed E-state index contributed by atoms with van der Waals surface area (Å²) in [6, 6.07) is 7.61. The molecule has 1 aliphatic rings. The molecule has 0 spiro atoms. The third kappa shape index (κ3) is 2.04. The van der Waals surface area contributed by atoms with E-state index in [9.17, 15) is 5.11 Å². The first kappa shape index (κ1) is 11.0. The van der Waals surface area contributed by atoms with E-state index >= 15 is 0 Å². The van der Waals surface area contributed by atoms with Crippen LogP contribution in [0.3, 0.4) is 0 Å². The van der Waals surface area contributed by atoms with E-state index in [1.165, 1.54) is 0 Å². The van der Waals surface area contributed by atoms with E-state index in [2.05, 4.69) is 13.8 Å². The Morgan fingerprint density at radius 2 is 1.87 bits per heavy atom. The number of hydrogen-bond donors (Lipinski definition) is 1. The Kier molecular flexibility index (Phi) is 2.56. The lowest BCUT2D eigenvalue weighted by molar-refractivity contribution is 0.0339. The van der Waals surface area contributed by atoms with E-state index in [1.807, 2.05) is 24.3 Å². The van der Waals surface area contributed by atoms with Gasteiger partial charge in [0.25, 0.3) is 0 Å². The van der Waals surface area contributed by atoms with Crippen LogP contribution in [0.4, 0.5) is 0 Å². The quantitative estimate of drug-likeness (QED) is 0.771. The summed E-state index contributed by atoms with van der Waals surface area (Å²) >= 11 is 6.13. The molecule has 0 radical (unpaired) electrons. The van der Waals surface area contributed by atoms with Crippen molar-refractivity contribution in [2.75, 3.05) is 0 Å². The fourth-order valence-electron chi connectivity index (χ4n) is 2.58. The van der Waals surface area contributed by atoms with Crippen molar-refractivity contribution in [1.82, 2.24) is 0 Å². The van der Waals surface area contributed by atoms with Gasteiger partial charge in [0.1, 0.15) is 0 Å². The van der Waals surface area contributed by atoms with Crippen LogP contribution < -0.4 is 0 Å². The third-order valence-corrected chi connectivity index (χ3v) is 3.69. The summed E-state index contributed by atoms with van der Waals surface area (Å²) in [5.41, 5.74) is 0.382. The van der Waals surface area contributed by atoms with Crippen molar-refractivity contribution >= 4 is 11.6 Å². The predicted molar refractivity (Wildman–Crippen MR) is 63.0 cm³/mol. The van der Waals surface area contributed by atoms with Gasteiger partial charge in [-0.2, -0.15) is 0 Å².